The Morgan fingerprint density at radius 2 is 1.48 bits per heavy atom. The maximum atomic E-state index is 15.1. The Labute approximate surface area is 179 Å². The van der Waals surface area contributed by atoms with Crippen molar-refractivity contribution in [2.75, 3.05) is 6.61 Å². The molecule has 1 aromatic heterocycles. The number of rotatable bonds is 7. The molecular weight excluding hydrogens is 408 g/mol. The molecule has 2 aromatic carbocycles. The Balaban J connectivity index is 1.75. The van der Waals surface area contributed by atoms with Crippen molar-refractivity contribution >= 4 is 21.9 Å². The minimum Gasteiger partial charge on any atom is -0.456 e. The van der Waals surface area contributed by atoms with Crippen molar-refractivity contribution < 1.29 is 26.7 Å². The van der Waals surface area contributed by atoms with Gasteiger partial charge in [0.25, 0.3) is 0 Å². The monoisotopic (exact) mass is 436 g/mol. The number of halogens is 4. The SMILES string of the molecule is CCCCCc1cc2oc3cc(C4CCC(OCC)CC4)c(F)c(F)c3c2c(F)c1F. The molecule has 4 rings (SSSR count). The van der Waals surface area contributed by atoms with E-state index >= 15 is 8.78 Å². The second-order valence-corrected chi connectivity index (χ2v) is 8.49. The highest BCUT2D eigenvalue weighted by Gasteiger charge is 2.29. The molecule has 1 aliphatic carbocycles. The molecule has 1 heterocycles. The number of hydrogen-bond acceptors (Lipinski definition) is 2. The van der Waals surface area contributed by atoms with Crippen LogP contribution in [0.4, 0.5) is 17.6 Å². The number of fused-ring (bicyclic) bond motifs is 3. The summed E-state index contributed by atoms with van der Waals surface area (Å²) in [7, 11) is 0. The van der Waals surface area contributed by atoms with Gasteiger partial charge >= 0.3 is 0 Å². The van der Waals surface area contributed by atoms with Crippen LogP contribution in [0.5, 0.6) is 0 Å². The standard InChI is InChI=1S/C25H28F4O2/c1-3-5-6-7-15-12-18-20(24(28)22(15)26)21-19(31-18)13-17(23(27)25(21)29)14-8-10-16(11-9-14)30-4-2/h12-14,16H,3-11H2,1-2H3. The van der Waals surface area contributed by atoms with E-state index in [4.69, 9.17) is 9.15 Å². The summed E-state index contributed by atoms with van der Waals surface area (Å²) in [5.41, 5.74) is 0.548. The van der Waals surface area contributed by atoms with Crippen molar-refractivity contribution in [3.8, 4) is 0 Å². The van der Waals surface area contributed by atoms with E-state index in [9.17, 15) is 8.78 Å². The van der Waals surface area contributed by atoms with Crippen LogP contribution in [0.25, 0.3) is 21.9 Å². The predicted octanol–water partition coefficient (Wildman–Crippen LogP) is 7.94. The minimum absolute atomic E-state index is 0.0518. The van der Waals surface area contributed by atoms with Gasteiger partial charge in [0.15, 0.2) is 23.3 Å². The van der Waals surface area contributed by atoms with Gasteiger partial charge in [0.05, 0.1) is 16.9 Å². The normalized spacial score (nSPS) is 19.5. The number of benzene rings is 2. The topological polar surface area (TPSA) is 22.4 Å². The van der Waals surface area contributed by atoms with Crippen LogP contribution in [0.1, 0.15) is 75.8 Å². The first-order chi connectivity index (χ1) is 15.0. The molecule has 0 aliphatic heterocycles. The highest BCUT2D eigenvalue weighted by Crippen LogP contribution is 2.41. The Morgan fingerprint density at radius 3 is 2.13 bits per heavy atom. The highest BCUT2D eigenvalue weighted by molar-refractivity contribution is 6.06. The fraction of sp³-hybridized carbons (Fsp3) is 0.520. The number of furan rings is 1. The van der Waals surface area contributed by atoms with Gasteiger partial charge < -0.3 is 9.15 Å². The smallest absolute Gasteiger partial charge is 0.170 e. The predicted molar refractivity (Wildman–Crippen MR) is 113 cm³/mol. The zero-order chi connectivity index (χ0) is 22.1. The van der Waals surface area contributed by atoms with Gasteiger partial charge in [-0.15, -0.1) is 0 Å². The molecule has 3 aromatic rings. The van der Waals surface area contributed by atoms with E-state index in [1.165, 1.54) is 12.1 Å². The molecular formula is C25H28F4O2. The summed E-state index contributed by atoms with van der Waals surface area (Å²) in [4.78, 5) is 0. The lowest BCUT2D eigenvalue weighted by Gasteiger charge is -2.28. The van der Waals surface area contributed by atoms with E-state index in [0.717, 1.165) is 32.1 Å². The zero-order valence-electron chi connectivity index (χ0n) is 18.0. The molecule has 0 bridgehead atoms. The molecule has 6 heteroatoms. The first-order valence-electron chi connectivity index (χ1n) is 11.3. The van der Waals surface area contributed by atoms with Crippen LogP contribution < -0.4 is 0 Å². The van der Waals surface area contributed by atoms with E-state index < -0.39 is 23.3 Å². The molecule has 0 atom stereocenters. The van der Waals surface area contributed by atoms with E-state index in [-0.39, 0.29) is 45.1 Å². The third kappa shape index (κ3) is 4.07. The van der Waals surface area contributed by atoms with Crippen LogP contribution in [0.3, 0.4) is 0 Å². The number of unbranched alkanes of at least 4 members (excludes halogenated alkanes) is 2. The van der Waals surface area contributed by atoms with Crippen molar-refractivity contribution in [1.29, 1.82) is 0 Å². The molecule has 0 radical (unpaired) electrons. The number of aryl methyl sites for hydroxylation is 1. The maximum Gasteiger partial charge on any atom is 0.170 e. The lowest BCUT2D eigenvalue weighted by molar-refractivity contribution is 0.0325. The molecule has 0 N–H and O–H groups in total. The van der Waals surface area contributed by atoms with Crippen LogP contribution in [-0.4, -0.2) is 12.7 Å². The van der Waals surface area contributed by atoms with E-state index in [2.05, 4.69) is 0 Å². The molecule has 0 unspecified atom stereocenters. The van der Waals surface area contributed by atoms with Crippen molar-refractivity contribution in [2.45, 2.75) is 77.2 Å². The lowest BCUT2D eigenvalue weighted by atomic mass is 9.82. The summed E-state index contributed by atoms with van der Waals surface area (Å²) < 4.78 is 71.0. The summed E-state index contributed by atoms with van der Waals surface area (Å²) in [5.74, 6) is -4.51. The quantitative estimate of drug-likeness (QED) is 0.277. The molecule has 2 nitrogen and oxygen atoms in total. The molecule has 31 heavy (non-hydrogen) atoms. The van der Waals surface area contributed by atoms with Gasteiger partial charge in [0, 0.05) is 6.61 Å². The Kier molecular flexibility index (Phi) is 6.56. The van der Waals surface area contributed by atoms with Crippen molar-refractivity contribution in [2.24, 2.45) is 0 Å². The Bertz CT molecular complexity index is 1080. The minimum atomic E-state index is -1.17. The van der Waals surface area contributed by atoms with Crippen LogP contribution in [0.2, 0.25) is 0 Å². The molecule has 1 aliphatic rings. The third-order valence-corrected chi connectivity index (χ3v) is 6.48. The number of hydrogen-bond donors (Lipinski definition) is 0. The zero-order valence-corrected chi connectivity index (χ0v) is 18.0. The van der Waals surface area contributed by atoms with Gasteiger partial charge in [-0.3, -0.25) is 0 Å². The largest absolute Gasteiger partial charge is 0.456 e. The molecule has 0 saturated heterocycles. The molecule has 0 amide bonds. The summed E-state index contributed by atoms with van der Waals surface area (Å²) >= 11 is 0. The van der Waals surface area contributed by atoms with Gasteiger partial charge in [-0.2, -0.15) is 0 Å². The third-order valence-electron chi connectivity index (χ3n) is 6.48. The average Bonchev–Trinajstić information content (AvgIpc) is 3.14. The summed E-state index contributed by atoms with van der Waals surface area (Å²) in [5, 5.41) is -0.648. The van der Waals surface area contributed by atoms with E-state index in [1.54, 1.807) is 0 Å². The highest BCUT2D eigenvalue weighted by atomic mass is 19.2. The van der Waals surface area contributed by atoms with Gasteiger partial charge in [0.2, 0.25) is 0 Å². The second kappa shape index (κ2) is 9.19. The van der Waals surface area contributed by atoms with Gasteiger partial charge in [-0.1, -0.05) is 19.8 Å². The fourth-order valence-electron chi connectivity index (χ4n) is 4.84. The average molecular weight is 436 g/mol. The number of ether oxygens (including phenoxy) is 1. The molecule has 168 valence electrons. The Hall–Kier alpha value is -2.08. The Morgan fingerprint density at radius 1 is 0.839 bits per heavy atom. The first-order valence-corrected chi connectivity index (χ1v) is 11.3. The van der Waals surface area contributed by atoms with Gasteiger partial charge in [0.1, 0.15) is 11.2 Å². The van der Waals surface area contributed by atoms with Crippen LogP contribution >= 0.6 is 0 Å². The first kappa shape index (κ1) is 22.1. The van der Waals surface area contributed by atoms with Crippen LogP contribution in [-0.2, 0) is 11.2 Å². The maximum absolute atomic E-state index is 15.1. The summed E-state index contributed by atoms with van der Waals surface area (Å²) in [6, 6.07) is 2.89. The van der Waals surface area contributed by atoms with Crippen molar-refractivity contribution in [3.05, 3.63) is 46.5 Å². The fourth-order valence-corrected chi connectivity index (χ4v) is 4.84. The lowest BCUT2D eigenvalue weighted by Crippen LogP contribution is -2.21. The van der Waals surface area contributed by atoms with Crippen molar-refractivity contribution in [3.63, 3.8) is 0 Å². The molecule has 0 spiro atoms. The van der Waals surface area contributed by atoms with E-state index in [1.807, 2.05) is 13.8 Å². The summed E-state index contributed by atoms with van der Waals surface area (Å²) in [6.07, 6.45) is 5.99. The van der Waals surface area contributed by atoms with Crippen LogP contribution in [0, 0.1) is 23.3 Å². The second-order valence-electron chi connectivity index (χ2n) is 8.49. The summed E-state index contributed by atoms with van der Waals surface area (Å²) in [6.45, 7) is 4.59. The van der Waals surface area contributed by atoms with Gasteiger partial charge in [-0.05, 0) is 74.6 Å². The van der Waals surface area contributed by atoms with Crippen LogP contribution in [0.15, 0.2) is 16.5 Å². The molecule has 1 fully saturated rings. The van der Waals surface area contributed by atoms with E-state index in [0.29, 0.717) is 25.9 Å². The van der Waals surface area contributed by atoms with Gasteiger partial charge in [-0.25, -0.2) is 17.6 Å². The molecule has 1 saturated carbocycles. The van der Waals surface area contributed by atoms with Crippen molar-refractivity contribution in [1.82, 2.24) is 0 Å².